The summed E-state index contributed by atoms with van der Waals surface area (Å²) >= 11 is 0. The van der Waals surface area contributed by atoms with Gasteiger partial charge in [0.05, 0.1) is 67.6 Å². The van der Waals surface area contributed by atoms with E-state index < -0.39 is 176 Å². The highest BCUT2D eigenvalue weighted by atomic mass is 16.8. The van der Waals surface area contributed by atoms with Crippen LogP contribution in [-0.4, -0.2) is 225 Å². The maximum absolute atomic E-state index is 12.7. The van der Waals surface area contributed by atoms with E-state index in [1.807, 2.05) is 6.92 Å². The fourth-order valence-electron chi connectivity index (χ4n) is 15.1. The molecule has 0 spiro atoms. The van der Waals surface area contributed by atoms with Gasteiger partial charge in [0.15, 0.2) is 31.5 Å². The molecule has 9 N–H and O–H groups in total. The number of methoxy groups -OCH3 is 2. The molecule has 430 valence electrons. The van der Waals surface area contributed by atoms with Crippen LogP contribution in [0.15, 0.2) is 11.6 Å². The lowest BCUT2D eigenvalue weighted by molar-refractivity contribution is -0.357. The SMILES string of the molecule is COC1CC(OC2CCC3(C)C(=CCC4(O)C3CC(O)C3(C)C(C(C)=O)CCC43O)C2)OC(C)C1OC1CC(O)C(OC2CC(O)C(OC3CC(OC)C(OC4OC(CO)C(O)C(O)C4O)C(C)O3)C(C)O2)C(C)O1. The average Bonchev–Trinajstić information content (AvgIpc) is 3.67. The first-order valence-electron chi connectivity index (χ1n) is 27.3. The van der Waals surface area contributed by atoms with Gasteiger partial charge in [0.2, 0.25) is 0 Å². The molecule has 29 unspecified atom stereocenters. The molecule has 22 nitrogen and oxygen atoms in total. The molecule has 9 aliphatic rings. The van der Waals surface area contributed by atoms with Crippen LogP contribution in [0, 0.1) is 22.7 Å². The third-order valence-electron chi connectivity index (χ3n) is 19.5. The molecule has 4 aliphatic carbocycles. The van der Waals surface area contributed by atoms with E-state index in [4.69, 9.17) is 56.8 Å². The fourth-order valence-corrected chi connectivity index (χ4v) is 15.1. The number of carbonyl (C=O) groups is 1. The van der Waals surface area contributed by atoms with Crippen molar-refractivity contribution in [3.63, 3.8) is 0 Å². The Bertz CT molecular complexity index is 1970. The van der Waals surface area contributed by atoms with Crippen LogP contribution in [0.1, 0.15) is 119 Å². The fraction of sp³-hybridized carbons (Fsp3) is 0.943. The quantitative estimate of drug-likeness (QED) is 0.106. The second-order valence-electron chi connectivity index (χ2n) is 23.7. The smallest absolute Gasteiger partial charge is 0.187 e. The van der Waals surface area contributed by atoms with Crippen LogP contribution in [0.4, 0.5) is 0 Å². The van der Waals surface area contributed by atoms with Gasteiger partial charge in [0.1, 0.15) is 65.8 Å². The van der Waals surface area contributed by atoms with Gasteiger partial charge in [-0.1, -0.05) is 25.5 Å². The normalized spacial score (nSPS) is 54.3. The largest absolute Gasteiger partial charge is 0.394 e. The topological polar surface area (TPSA) is 310 Å². The van der Waals surface area contributed by atoms with E-state index in [1.165, 1.54) is 14.0 Å². The molecule has 0 aromatic rings. The van der Waals surface area contributed by atoms with Crippen LogP contribution in [0.3, 0.4) is 0 Å². The van der Waals surface area contributed by atoms with Crippen LogP contribution < -0.4 is 0 Å². The van der Waals surface area contributed by atoms with Gasteiger partial charge < -0.3 is 103 Å². The molecule has 5 saturated heterocycles. The maximum Gasteiger partial charge on any atom is 0.187 e. The zero-order valence-corrected chi connectivity index (χ0v) is 44.8. The first kappa shape index (κ1) is 58.2. The molecule has 29 atom stereocenters. The Balaban J connectivity index is 0.737. The molecule has 5 aliphatic heterocycles. The minimum Gasteiger partial charge on any atom is -0.394 e. The molecule has 5 heterocycles. The second kappa shape index (κ2) is 22.5. The molecule has 8 fully saturated rings. The van der Waals surface area contributed by atoms with Gasteiger partial charge in [-0.2, -0.15) is 0 Å². The van der Waals surface area contributed by atoms with Crippen molar-refractivity contribution >= 4 is 5.78 Å². The summed E-state index contributed by atoms with van der Waals surface area (Å²) in [5.41, 5.74) is -3.59. The molecule has 3 saturated carbocycles. The van der Waals surface area contributed by atoms with Crippen molar-refractivity contribution in [3.05, 3.63) is 11.6 Å². The summed E-state index contributed by atoms with van der Waals surface area (Å²) in [4.78, 5) is 12.7. The number of carbonyl (C=O) groups excluding carboxylic acids is 1. The number of aliphatic hydroxyl groups is 9. The number of hydrogen-bond acceptors (Lipinski definition) is 22. The molecule has 0 aromatic heterocycles. The third kappa shape index (κ3) is 10.4. The van der Waals surface area contributed by atoms with Crippen molar-refractivity contribution in [2.45, 2.75) is 272 Å². The van der Waals surface area contributed by atoms with E-state index in [0.717, 1.165) is 5.57 Å². The van der Waals surface area contributed by atoms with Crippen molar-refractivity contribution in [3.8, 4) is 0 Å². The molecular formula is C53H86O22. The van der Waals surface area contributed by atoms with E-state index in [1.54, 1.807) is 34.8 Å². The zero-order chi connectivity index (χ0) is 54.3. The Morgan fingerprint density at radius 2 is 1.15 bits per heavy atom. The van der Waals surface area contributed by atoms with Gasteiger partial charge in [0, 0.05) is 57.2 Å². The highest BCUT2D eigenvalue weighted by Crippen LogP contribution is 2.69. The lowest BCUT2D eigenvalue weighted by atomic mass is 9.43. The second-order valence-corrected chi connectivity index (χ2v) is 23.7. The summed E-state index contributed by atoms with van der Waals surface area (Å²) in [6, 6.07) is 0. The van der Waals surface area contributed by atoms with E-state index in [-0.39, 0.29) is 44.0 Å². The van der Waals surface area contributed by atoms with Crippen molar-refractivity contribution in [1.29, 1.82) is 0 Å². The van der Waals surface area contributed by atoms with Gasteiger partial charge >= 0.3 is 0 Å². The predicted molar refractivity (Wildman–Crippen MR) is 258 cm³/mol. The highest BCUT2D eigenvalue weighted by Gasteiger charge is 2.76. The van der Waals surface area contributed by atoms with Gasteiger partial charge in [-0.05, 0) is 85.0 Å². The Kier molecular flexibility index (Phi) is 17.5. The van der Waals surface area contributed by atoms with Crippen LogP contribution in [0.2, 0.25) is 0 Å². The molecule has 9 rings (SSSR count). The molecule has 0 aromatic carbocycles. The van der Waals surface area contributed by atoms with Gasteiger partial charge in [-0.3, -0.25) is 4.79 Å². The maximum atomic E-state index is 12.7. The zero-order valence-electron chi connectivity index (χ0n) is 44.8. The van der Waals surface area contributed by atoms with Crippen LogP contribution in [0.5, 0.6) is 0 Å². The van der Waals surface area contributed by atoms with E-state index in [2.05, 4.69) is 13.0 Å². The molecule has 75 heavy (non-hydrogen) atoms. The number of fused-ring (bicyclic) bond motifs is 5. The van der Waals surface area contributed by atoms with Gasteiger partial charge in [-0.15, -0.1) is 0 Å². The molecular weight excluding hydrogens is 989 g/mol. The van der Waals surface area contributed by atoms with Crippen LogP contribution in [-0.2, 0) is 61.6 Å². The number of ether oxygens (including phenoxy) is 12. The molecule has 0 bridgehead atoms. The summed E-state index contributed by atoms with van der Waals surface area (Å²) in [7, 11) is 3.08. The van der Waals surface area contributed by atoms with Crippen molar-refractivity contribution in [1.82, 2.24) is 0 Å². The van der Waals surface area contributed by atoms with Crippen LogP contribution in [0.25, 0.3) is 0 Å². The predicted octanol–water partition coefficient (Wildman–Crippen LogP) is 0.372. The Morgan fingerprint density at radius 1 is 0.640 bits per heavy atom. The van der Waals surface area contributed by atoms with E-state index in [0.29, 0.717) is 38.5 Å². The highest BCUT2D eigenvalue weighted by molar-refractivity contribution is 5.80. The third-order valence-corrected chi connectivity index (χ3v) is 19.5. The van der Waals surface area contributed by atoms with E-state index >= 15 is 0 Å². The summed E-state index contributed by atoms with van der Waals surface area (Å²) in [5.74, 6) is -0.999. The molecule has 0 radical (unpaired) electrons. The summed E-state index contributed by atoms with van der Waals surface area (Å²) < 4.78 is 74.0. The molecule has 0 amide bonds. The average molecular weight is 1080 g/mol. The lowest BCUT2D eigenvalue weighted by Crippen LogP contribution is -2.75. The number of Topliss-reactive ketones (excluding diaryl/α,β-unsaturated/α-hetero) is 1. The first-order chi connectivity index (χ1) is 35.4. The van der Waals surface area contributed by atoms with Gasteiger partial charge in [-0.25, -0.2) is 0 Å². The van der Waals surface area contributed by atoms with Gasteiger partial charge in [0.25, 0.3) is 0 Å². The lowest BCUT2D eigenvalue weighted by Gasteiger charge is -2.66. The summed E-state index contributed by atoms with van der Waals surface area (Å²) in [6.07, 6.45) is -14.5. The number of aliphatic hydroxyl groups excluding tert-OH is 7. The monoisotopic (exact) mass is 1070 g/mol. The summed E-state index contributed by atoms with van der Waals surface area (Å²) in [6.45, 7) is 11.9. The van der Waals surface area contributed by atoms with Crippen molar-refractivity contribution in [2.24, 2.45) is 22.7 Å². The Labute approximate surface area is 439 Å². The Morgan fingerprint density at radius 3 is 1.67 bits per heavy atom. The standard InChI is InChI=1S/C53H86O22/c1-23(55)30-12-15-53(63)51(30,7)37(58)21-36-50(6)13-11-29(16-28(50)10-14-52(36,53)62)70-40-19-33(64-8)47(26(4)68-40)74-39-18-32(57)45(24(2)67-39)72-38-17-31(56)46(25(3)66-38)73-41-20-34(65-9)48(27(5)69-41)75-49-44(61)43(60)42(59)35(22-54)71-49/h10,24-27,29-49,54,56-63H,11-22H2,1-9H3. The first-order valence-corrected chi connectivity index (χ1v) is 27.3. The van der Waals surface area contributed by atoms with Crippen LogP contribution >= 0.6 is 0 Å². The Hall–Kier alpha value is -1.43. The summed E-state index contributed by atoms with van der Waals surface area (Å²) in [5, 5.41) is 100. The number of ketones is 1. The van der Waals surface area contributed by atoms with E-state index in [9.17, 15) is 50.8 Å². The molecule has 22 heteroatoms. The number of rotatable bonds is 14. The minimum absolute atomic E-state index is 0.0125. The minimum atomic E-state index is -1.62. The number of hydrogen-bond donors (Lipinski definition) is 9. The van der Waals surface area contributed by atoms with Crippen molar-refractivity contribution in [2.75, 3.05) is 20.8 Å². The van der Waals surface area contributed by atoms with Crippen molar-refractivity contribution < 1.29 is 108 Å².